The molecule has 1 aliphatic heterocycles. The summed E-state index contributed by atoms with van der Waals surface area (Å²) in [5, 5.41) is 3.58. The second kappa shape index (κ2) is 4.47. The Hall–Kier alpha value is -1.39. The summed E-state index contributed by atoms with van der Waals surface area (Å²) in [5.41, 5.74) is 2.37. The van der Waals surface area contributed by atoms with Gasteiger partial charge >= 0.3 is 0 Å². The molecule has 1 aromatic carbocycles. The Balaban J connectivity index is 0.00000108. The van der Waals surface area contributed by atoms with Crippen LogP contribution in [0.25, 0.3) is 10.9 Å². The van der Waals surface area contributed by atoms with Gasteiger partial charge in [-0.2, -0.15) is 0 Å². The summed E-state index contributed by atoms with van der Waals surface area (Å²) in [6.45, 7) is 1.44. The third-order valence-corrected chi connectivity index (χ3v) is 3.00. The van der Waals surface area contributed by atoms with Gasteiger partial charge in [0.1, 0.15) is 5.82 Å². The molecule has 0 spiro atoms. The van der Waals surface area contributed by atoms with E-state index in [1.54, 1.807) is 6.07 Å². The molecule has 3 nitrogen and oxygen atoms in total. The number of aromatic nitrogens is 1. The van der Waals surface area contributed by atoms with Crippen molar-refractivity contribution in [3.8, 4) is 0 Å². The Morgan fingerprint density at radius 3 is 2.94 bits per heavy atom. The maximum Gasteiger partial charge on any atom is 0.194 e. The molecular weight excluding hydrogens is 243 g/mol. The minimum absolute atomic E-state index is 0. The lowest BCUT2D eigenvalue weighted by Gasteiger charge is -2.17. The largest absolute Gasteiger partial charge is 0.358 e. The number of benzene rings is 1. The number of H-pyrrole nitrogens is 1. The average Bonchev–Trinajstić information content (AvgIpc) is 2.31. The van der Waals surface area contributed by atoms with Crippen LogP contribution < -0.4 is 10.7 Å². The second-order valence-corrected chi connectivity index (χ2v) is 4.03. The van der Waals surface area contributed by atoms with E-state index in [1.807, 2.05) is 0 Å². The van der Waals surface area contributed by atoms with Crippen molar-refractivity contribution in [3.63, 3.8) is 0 Å². The monoisotopic (exact) mass is 254 g/mol. The second-order valence-electron chi connectivity index (χ2n) is 4.03. The van der Waals surface area contributed by atoms with E-state index in [9.17, 15) is 9.18 Å². The number of hydrogen-bond donors (Lipinski definition) is 2. The summed E-state index contributed by atoms with van der Waals surface area (Å²) < 4.78 is 13.1. The smallest absolute Gasteiger partial charge is 0.194 e. The molecule has 0 amide bonds. The molecule has 2 N–H and O–H groups in total. The normalized spacial score (nSPS) is 14.2. The number of fused-ring (bicyclic) bond motifs is 2. The van der Waals surface area contributed by atoms with Crippen molar-refractivity contribution in [3.05, 3.63) is 45.5 Å². The molecule has 3 rings (SSSR count). The van der Waals surface area contributed by atoms with Crippen molar-refractivity contribution in [1.82, 2.24) is 10.3 Å². The number of aromatic amines is 1. The van der Waals surface area contributed by atoms with Crippen molar-refractivity contribution in [2.75, 3.05) is 6.54 Å². The van der Waals surface area contributed by atoms with Crippen LogP contribution in [0.4, 0.5) is 4.39 Å². The van der Waals surface area contributed by atoms with E-state index in [1.165, 1.54) is 12.1 Å². The maximum absolute atomic E-state index is 13.1. The Morgan fingerprint density at radius 1 is 1.29 bits per heavy atom. The Kier molecular flexibility index (Phi) is 3.17. The first-order valence-electron chi connectivity index (χ1n) is 5.30. The van der Waals surface area contributed by atoms with E-state index >= 15 is 0 Å². The van der Waals surface area contributed by atoms with Crippen LogP contribution in [-0.4, -0.2) is 11.5 Å². The SMILES string of the molecule is Cl.O=c1c2c([nH]c3ccc(F)cc13)CCNC2. The van der Waals surface area contributed by atoms with Crippen LogP contribution >= 0.6 is 12.4 Å². The molecule has 2 heterocycles. The molecule has 0 unspecified atom stereocenters. The van der Waals surface area contributed by atoms with Gasteiger partial charge in [0.15, 0.2) is 5.43 Å². The van der Waals surface area contributed by atoms with Crippen molar-refractivity contribution < 1.29 is 4.39 Å². The summed E-state index contributed by atoms with van der Waals surface area (Å²) in [5.74, 6) is -0.373. The molecule has 0 aliphatic carbocycles. The number of halogens is 2. The quantitative estimate of drug-likeness (QED) is 0.752. The zero-order valence-electron chi connectivity index (χ0n) is 9.05. The van der Waals surface area contributed by atoms with E-state index in [0.29, 0.717) is 17.4 Å². The van der Waals surface area contributed by atoms with E-state index in [0.717, 1.165) is 24.2 Å². The molecule has 0 saturated heterocycles. The van der Waals surface area contributed by atoms with Gasteiger partial charge in [0.25, 0.3) is 0 Å². The molecule has 0 atom stereocenters. The highest BCUT2D eigenvalue weighted by Gasteiger charge is 2.15. The van der Waals surface area contributed by atoms with Gasteiger partial charge < -0.3 is 10.3 Å². The highest BCUT2D eigenvalue weighted by Crippen LogP contribution is 2.15. The zero-order chi connectivity index (χ0) is 11.1. The van der Waals surface area contributed by atoms with Crippen LogP contribution in [0, 0.1) is 5.82 Å². The Labute approximate surface area is 103 Å². The lowest BCUT2D eigenvalue weighted by Crippen LogP contribution is -2.30. The zero-order valence-corrected chi connectivity index (χ0v) is 9.86. The minimum atomic E-state index is -0.373. The standard InChI is InChI=1S/C12H11FN2O.ClH/c13-7-1-2-10-8(5-7)12(16)9-6-14-4-3-11(9)15-10;/h1-2,5,14H,3-4,6H2,(H,15,16);1H. The summed E-state index contributed by atoms with van der Waals surface area (Å²) in [7, 11) is 0. The van der Waals surface area contributed by atoms with Crippen molar-refractivity contribution in [2.45, 2.75) is 13.0 Å². The van der Waals surface area contributed by atoms with Gasteiger partial charge in [-0.15, -0.1) is 12.4 Å². The fraction of sp³-hybridized carbons (Fsp3) is 0.250. The number of rotatable bonds is 0. The topological polar surface area (TPSA) is 44.9 Å². The van der Waals surface area contributed by atoms with Gasteiger partial charge in [0.05, 0.1) is 0 Å². The number of nitrogens with one attached hydrogen (secondary N) is 2. The van der Waals surface area contributed by atoms with Gasteiger partial charge in [-0.05, 0) is 18.2 Å². The van der Waals surface area contributed by atoms with Crippen LogP contribution in [0.1, 0.15) is 11.3 Å². The fourth-order valence-corrected chi connectivity index (χ4v) is 2.18. The van der Waals surface area contributed by atoms with Gasteiger partial charge in [-0.25, -0.2) is 4.39 Å². The molecule has 0 radical (unpaired) electrons. The molecule has 2 aromatic rings. The third kappa shape index (κ3) is 1.94. The van der Waals surface area contributed by atoms with E-state index in [2.05, 4.69) is 10.3 Å². The first-order chi connectivity index (χ1) is 7.75. The molecule has 0 fully saturated rings. The average molecular weight is 255 g/mol. The van der Waals surface area contributed by atoms with E-state index in [4.69, 9.17) is 0 Å². The van der Waals surface area contributed by atoms with Gasteiger partial charge in [-0.3, -0.25) is 4.79 Å². The van der Waals surface area contributed by atoms with Crippen molar-refractivity contribution in [2.24, 2.45) is 0 Å². The molecular formula is C12H12ClFN2O. The lowest BCUT2D eigenvalue weighted by molar-refractivity contribution is 0.624. The van der Waals surface area contributed by atoms with Crippen LogP contribution in [-0.2, 0) is 13.0 Å². The number of hydrogen-bond acceptors (Lipinski definition) is 2. The van der Waals surface area contributed by atoms with Gasteiger partial charge in [0, 0.05) is 41.7 Å². The van der Waals surface area contributed by atoms with Crippen LogP contribution in [0.2, 0.25) is 0 Å². The lowest BCUT2D eigenvalue weighted by atomic mass is 10.0. The molecule has 5 heteroatoms. The first-order valence-corrected chi connectivity index (χ1v) is 5.30. The Bertz CT molecular complexity index is 624. The molecule has 90 valence electrons. The van der Waals surface area contributed by atoms with Crippen LogP contribution in [0.15, 0.2) is 23.0 Å². The summed E-state index contributed by atoms with van der Waals surface area (Å²) in [6, 6.07) is 4.28. The summed E-state index contributed by atoms with van der Waals surface area (Å²) >= 11 is 0. The molecule has 17 heavy (non-hydrogen) atoms. The summed E-state index contributed by atoms with van der Waals surface area (Å²) in [4.78, 5) is 15.3. The van der Waals surface area contributed by atoms with Gasteiger partial charge in [0.2, 0.25) is 0 Å². The van der Waals surface area contributed by atoms with Crippen molar-refractivity contribution >= 4 is 23.3 Å². The maximum atomic E-state index is 13.1. The molecule has 0 saturated carbocycles. The molecule has 0 bridgehead atoms. The highest BCUT2D eigenvalue weighted by atomic mass is 35.5. The highest BCUT2D eigenvalue weighted by molar-refractivity contribution is 5.85. The fourth-order valence-electron chi connectivity index (χ4n) is 2.18. The van der Waals surface area contributed by atoms with E-state index < -0.39 is 0 Å². The molecule has 1 aliphatic rings. The first kappa shape index (κ1) is 12.1. The molecule has 1 aromatic heterocycles. The van der Waals surface area contributed by atoms with Crippen LogP contribution in [0.3, 0.4) is 0 Å². The van der Waals surface area contributed by atoms with Crippen LogP contribution in [0.5, 0.6) is 0 Å². The number of pyridine rings is 1. The van der Waals surface area contributed by atoms with Crippen molar-refractivity contribution in [1.29, 1.82) is 0 Å². The predicted molar refractivity (Wildman–Crippen MR) is 67.2 cm³/mol. The third-order valence-electron chi connectivity index (χ3n) is 3.00. The summed E-state index contributed by atoms with van der Waals surface area (Å²) in [6.07, 6.45) is 0.817. The predicted octanol–water partition coefficient (Wildman–Crippen LogP) is 1.73. The van der Waals surface area contributed by atoms with E-state index in [-0.39, 0.29) is 23.7 Å². The Morgan fingerprint density at radius 2 is 2.12 bits per heavy atom. The minimum Gasteiger partial charge on any atom is -0.358 e. The van der Waals surface area contributed by atoms with Gasteiger partial charge in [-0.1, -0.05) is 0 Å².